The van der Waals surface area contributed by atoms with Gasteiger partial charge in [-0.05, 0) is 66.3 Å². The fraction of sp³-hybridized carbons (Fsp3) is 0.933. The van der Waals surface area contributed by atoms with Gasteiger partial charge in [0.1, 0.15) is 5.54 Å². The number of carboxylic acid groups (broad SMARTS) is 1. The third-order valence-corrected chi connectivity index (χ3v) is 4.24. The first-order chi connectivity index (χ1) is 9.39. The minimum absolute atomic E-state index is 0.639. The molecule has 0 aliphatic carbocycles. The van der Waals surface area contributed by atoms with Crippen molar-refractivity contribution >= 4 is 5.97 Å². The van der Waals surface area contributed by atoms with Crippen LogP contribution in [0.2, 0.25) is 0 Å². The summed E-state index contributed by atoms with van der Waals surface area (Å²) in [5.41, 5.74) is -0.786. The molecule has 1 saturated heterocycles. The van der Waals surface area contributed by atoms with Gasteiger partial charge in [0, 0.05) is 12.6 Å². The van der Waals surface area contributed by atoms with Crippen LogP contribution >= 0.6 is 0 Å². The third-order valence-electron chi connectivity index (χ3n) is 4.24. The molecule has 0 aromatic carbocycles. The van der Waals surface area contributed by atoms with Crippen molar-refractivity contribution in [2.75, 3.05) is 40.3 Å². The Labute approximate surface area is 123 Å². The van der Waals surface area contributed by atoms with Gasteiger partial charge in [0.2, 0.25) is 0 Å². The lowest BCUT2D eigenvalue weighted by Crippen LogP contribution is -2.50. The standard InChI is InChI=1S/C15H31N3O2/c1-5-16-15(2,14(19)20)9-7-11-18-10-6-8-13(18)12-17(3)4/h13,16H,5-12H2,1-4H3,(H,19,20). The Morgan fingerprint density at radius 1 is 1.50 bits per heavy atom. The van der Waals surface area contributed by atoms with E-state index >= 15 is 0 Å². The molecule has 118 valence electrons. The largest absolute Gasteiger partial charge is 0.480 e. The number of carboxylic acids is 1. The number of aliphatic carboxylic acids is 1. The lowest BCUT2D eigenvalue weighted by molar-refractivity contribution is -0.144. The average molecular weight is 285 g/mol. The maximum atomic E-state index is 11.4. The number of nitrogens with zero attached hydrogens (tertiary/aromatic N) is 2. The van der Waals surface area contributed by atoms with Crippen LogP contribution in [0.15, 0.2) is 0 Å². The first-order valence-corrected chi connectivity index (χ1v) is 7.76. The summed E-state index contributed by atoms with van der Waals surface area (Å²) >= 11 is 0. The minimum atomic E-state index is -0.786. The van der Waals surface area contributed by atoms with E-state index in [1.807, 2.05) is 6.92 Å². The molecule has 0 spiro atoms. The van der Waals surface area contributed by atoms with E-state index in [9.17, 15) is 9.90 Å². The highest BCUT2D eigenvalue weighted by Gasteiger charge is 2.32. The van der Waals surface area contributed by atoms with Crippen LogP contribution in [0.1, 0.15) is 39.5 Å². The van der Waals surface area contributed by atoms with Crippen molar-refractivity contribution < 1.29 is 9.90 Å². The van der Waals surface area contributed by atoms with E-state index in [1.54, 1.807) is 6.92 Å². The van der Waals surface area contributed by atoms with E-state index in [2.05, 4.69) is 29.2 Å². The van der Waals surface area contributed by atoms with Crippen LogP contribution in [0.3, 0.4) is 0 Å². The van der Waals surface area contributed by atoms with Gasteiger partial charge in [0.05, 0.1) is 0 Å². The van der Waals surface area contributed by atoms with Gasteiger partial charge < -0.3 is 15.3 Å². The lowest BCUT2D eigenvalue weighted by Gasteiger charge is -2.29. The summed E-state index contributed by atoms with van der Waals surface area (Å²) in [6.45, 7) is 7.70. The molecule has 20 heavy (non-hydrogen) atoms. The molecule has 1 aliphatic rings. The molecular formula is C15H31N3O2. The number of nitrogens with one attached hydrogen (secondary N) is 1. The lowest BCUT2D eigenvalue weighted by atomic mass is 9.95. The predicted molar refractivity (Wildman–Crippen MR) is 82.1 cm³/mol. The number of likely N-dealkylation sites (N-methyl/N-ethyl adjacent to an activating group) is 2. The number of hydrogen-bond acceptors (Lipinski definition) is 4. The fourth-order valence-corrected chi connectivity index (χ4v) is 3.11. The van der Waals surface area contributed by atoms with Crippen LogP contribution in [0.5, 0.6) is 0 Å². The van der Waals surface area contributed by atoms with E-state index in [-0.39, 0.29) is 0 Å². The van der Waals surface area contributed by atoms with E-state index in [4.69, 9.17) is 0 Å². The fourth-order valence-electron chi connectivity index (χ4n) is 3.11. The molecule has 1 aliphatic heterocycles. The summed E-state index contributed by atoms with van der Waals surface area (Å²) in [5, 5.41) is 12.4. The summed E-state index contributed by atoms with van der Waals surface area (Å²) in [5.74, 6) is -0.745. The first kappa shape index (κ1) is 17.4. The van der Waals surface area contributed by atoms with Crippen molar-refractivity contribution in [1.29, 1.82) is 0 Å². The van der Waals surface area contributed by atoms with Gasteiger partial charge in [-0.2, -0.15) is 0 Å². The Bertz CT molecular complexity index is 309. The topological polar surface area (TPSA) is 55.8 Å². The van der Waals surface area contributed by atoms with E-state index in [0.29, 0.717) is 19.0 Å². The van der Waals surface area contributed by atoms with Gasteiger partial charge in [-0.25, -0.2) is 0 Å². The molecule has 0 aromatic rings. The number of hydrogen-bond donors (Lipinski definition) is 2. The maximum Gasteiger partial charge on any atom is 0.323 e. The Morgan fingerprint density at radius 3 is 2.75 bits per heavy atom. The van der Waals surface area contributed by atoms with Gasteiger partial charge in [0.15, 0.2) is 0 Å². The van der Waals surface area contributed by atoms with Crippen LogP contribution in [0, 0.1) is 0 Å². The quantitative estimate of drug-likeness (QED) is 0.668. The molecule has 2 atom stereocenters. The van der Waals surface area contributed by atoms with Gasteiger partial charge >= 0.3 is 5.97 Å². The molecule has 2 N–H and O–H groups in total. The molecule has 0 saturated carbocycles. The van der Waals surface area contributed by atoms with Crippen LogP contribution in [-0.4, -0.2) is 72.7 Å². The summed E-state index contributed by atoms with van der Waals surface area (Å²) < 4.78 is 0. The molecule has 1 rings (SSSR count). The highest BCUT2D eigenvalue weighted by Crippen LogP contribution is 2.20. The van der Waals surface area contributed by atoms with Crippen molar-refractivity contribution in [3.05, 3.63) is 0 Å². The van der Waals surface area contributed by atoms with E-state index in [0.717, 1.165) is 26.1 Å². The summed E-state index contributed by atoms with van der Waals surface area (Å²) in [6.07, 6.45) is 4.14. The summed E-state index contributed by atoms with van der Waals surface area (Å²) in [6, 6.07) is 0.639. The second-order valence-corrected chi connectivity index (χ2v) is 6.37. The minimum Gasteiger partial charge on any atom is -0.480 e. The second-order valence-electron chi connectivity index (χ2n) is 6.37. The summed E-state index contributed by atoms with van der Waals surface area (Å²) in [4.78, 5) is 16.1. The van der Waals surface area contributed by atoms with Gasteiger partial charge in [-0.1, -0.05) is 6.92 Å². The van der Waals surface area contributed by atoms with Crippen molar-refractivity contribution in [2.45, 2.75) is 51.1 Å². The molecule has 5 nitrogen and oxygen atoms in total. The highest BCUT2D eigenvalue weighted by molar-refractivity contribution is 5.78. The molecular weight excluding hydrogens is 254 g/mol. The van der Waals surface area contributed by atoms with Crippen molar-refractivity contribution in [3.8, 4) is 0 Å². The zero-order valence-corrected chi connectivity index (χ0v) is 13.5. The molecule has 0 aromatic heterocycles. The third kappa shape index (κ3) is 5.04. The average Bonchev–Trinajstić information content (AvgIpc) is 2.76. The number of rotatable bonds is 9. The SMILES string of the molecule is CCNC(C)(CCCN1CCCC1CN(C)C)C(=O)O. The molecule has 1 fully saturated rings. The maximum absolute atomic E-state index is 11.4. The number of carbonyl (C=O) groups is 1. The zero-order chi connectivity index (χ0) is 15.2. The Morgan fingerprint density at radius 2 is 2.20 bits per heavy atom. The predicted octanol–water partition coefficient (Wildman–Crippen LogP) is 1.25. The molecule has 1 heterocycles. The highest BCUT2D eigenvalue weighted by atomic mass is 16.4. The molecule has 0 bridgehead atoms. The molecule has 0 radical (unpaired) electrons. The normalized spacial score (nSPS) is 23.1. The summed E-state index contributed by atoms with van der Waals surface area (Å²) in [7, 11) is 4.23. The first-order valence-electron chi connectivity index (χ1n) is 7.76. The van der Waals surface area contributed by atoms with Gasteiger partial charge in [0.25, 0.3) is 0 Å². The van der Waals surface area contributed by atoms with Crippen LogP contribution in [0.4, 0.5) is 0 Å². The van der Waals surface area contributed by atoms with E-state index in [1.165, 1.54) is 12.8 Å². The van der Waals surface area contributed by atoms with Crippen LogP contribution in [-0.2, 0) is 4.79 Å². The van der Waals surface area contributed by atoms with Crippen molar-refractivity contribution in [1.82, 2.24) is 15.1 Å². The molecule has 0 amide bonds. The zero-order valence-electron chi connectivity index (χ0n) is 13.5. The van der Waals surface area contributed by atoms with Crippen molar-refractivity contribution in [2.24, 2.45) is 0 Å². The Hall–Kier alpha value is -0.650. The van der Waals surface area contributed by atoms with E-state index < -0.39 is 11.5 Å². The monoisotopic (exact) mass is 285 g/mol. The Kier molecular flexibility index (Phi) is 6.92. The molecule has 5 heteroatoms. The smallest absolute Gasteiger partial charge is 0.323 e. The van der Waals surface area contributed by atoms with Gasteiger partial charge in [-0.15, -0.1) is 0 Å². The second kappa shape index (κ2) is 7.96. The van der Waals surface area contributed by atoms with Crippen molar-refractivity contribution in [3.63, 3.8) is 0 Å². The van der Waals surface area contributed by atoms with Crippen LogP contribution < -0.4 is 5.32 Å². The molecule has 2 unspecified atom stereocenters. The van der Waals surface area contributed by atoms with Crippen LogP contribution in [0.25, 0.3) is 0 Å². The Balaban J connectivity index is 2.40. The van der Waals surface area contributed by atoms with Gasteiger partial charge in [-0.3, -0.25) is 9.69 Å². The number of likely N-dealkylation sites (tertiary alicyclic amines) is 1.